The van der Waals surface area contributed by atoms with Gasteiger partial charge in [-0.3, -0.25) is 4.79 Å². The largest absolute Gasteiger partial charge is 0.335 e. The van der Waals surface area contributed by atoms with E-state index in [1.54, 1.807) is 35.2 Å². The van der Waals surface area contributed by atoms with E-state index in [-0.39, 0.29) is 5.91 Å². The fourth-order valence-electron chi connectivity index (χ4n) is 3.12. The van der Waals surface area contributed by atoms with Crippen LogP contribution in [-0.4, -0.2) is 49.7 Å². The molecule has 26 heavy (non-hydrogen) atoms. The van der Waals surface area contributed by atoms with E-state index in [1.807, 2.05) is 30.3 Å². The maximum Gasteiger partial charge on any atom is 0.264 e. The molecular formula is C19H18N2O3S2. The quantitative estimate of drug-likeness (QED) is 0.695. The van der Waals surface area contributed by atoms with Crippen LogP contribution >= 0.6 is 11.3 Å². The molecule has 1 aromatic heterocycles. The second kappa shape index (κ2) is 6.83. The van der Waals surface area contributed by atoms with Gasteiger partial charge < -0.3 is 4.90 Å². The van der Waals surface area contributed by atoms with Crippen molar-refractivity contribution in [3.8, 4) is 0 Å². The molecule has 7 heteroatoms. The molecule has 1 fully saturated rings. The van der Waals surface area contributed by atoms with Crippen LogP contribution < -0.4 is 0 Å². The van der Waals surface area contributed by atoms with E-state index in [0.717, 1.165) is 10.1 Å². The zero-order chi connectivity index (χ0) is 18.1. The maximum atomic E-state index is 12.8. The van der Waals surface area contributed by atoms with Crippen LogP contribution in [-0.2, 0) is 10.0 Å². The number of amides is 1. The predicted molar refractivity (Wildman–Crippen MR) is 103 cm³/mol. The van der Waals surface area contributed by atoms with Crippen molar-refractivity contribution >= 4 is 37.4 Å². The van der Waals surface area contributed by atoms with Gasteiger partial charge in [0.2, 0.25) is 10.0 Å². The number of carbonyl (C=O) groups excluding carboxylic acids is 1. The summed E-state index contributed by atoms with van der Waals surface area (Å²) in [6, 6.07) is 18.2. The number of hydrogen-bond acceptors (Lipinski definition) is 4. The molecule has 1 aliphatic heterocycles. The molecule has 0 radical (unpaired) electrons. The lowest BCUT2D eigenvalue weighted by Gasteiger charge is -2.33. The summed E-state index contributed by atoms with van der Waals surface area (Å²) in [6.07, 6.45) is 0. The van der Waals surface area contributed by atoms with Gasteiger partial charge >= 0.3 is 0 Å². The van der Waals surface area contributed by atoms with E-state index in [2.05, 4.69) is 0 Å². The van der Waals surface area contributed by atoms with E-state index >= 15 is 0 Å². The van der Waals surface area contributed by atoms with Gasteiger partial charge in [0.15, 0.2) is 0 Å². The van der Waals surface area contributed by atoms with Crippen LogP contribution in [0.5, 0.6) is 0 Å². The first-order chi connectivity index (χ1) is 12.6. The van der Waals surface area contributed by atoms with Gasteiger partial charge in [-0.2, -0.15) is 4.31 Å². The molecule has 0 saturated carbocycles. The van der Waals surface area contributed by atoms with Crippen LogP contribution in [0.25, 0.3) is 10.1 Å². The van der Waals surface area contributed by atoms with E-state index in [4.69, 9.17) is 0 Å². The summed E-state index contributed by atoms with van der Waals surface area (Å²) in [5.74, 6) is -0.0250. The molecule has 2 heterocycles. The molecule has 1 saturated heterocycles. The molecule has 4 rings (SSSR count). The van der Waals surface area contributed by atoms with Gasteiger partial charge in [0.1, 0.15) is 0 Å². The fourth-order valence-corrected chi connectivity index (χ4v) is 5.59. The Morgan fingerprint density at radius 2 is 1.54 bits per heavy atom. The lowest BCUT2D eigenvalue weighted by molar-refractivity contribution is 0.0703. The van der Waals surface area contributed by atoms with Crippen LogP contribution in [0, 0.1) is 0 Å². The monoisotopic (exact) mass is 386 g/mol. The second-order valence-corrected chi connectivity index (χ2v) is 9.18. The molecular weight excluding hydrogens is 368 g/mol. The van der Waals surface area contributed by atoms with Gasteiger partial charge in [-0.15, -0.1) is 11.3 Å². The zero-order valence-corrected chi connectivity index (χ0v) is 15.7. The van der Waals surface area contributed by atoms with E-state index in [0.29, 0.717) is 36.0 Å². The van der Waals surface area contributed by atoms with Crippen LogP contribution in [0.15, 0.2) is 65.6 Å². The lowest BCUT2D eigenvalue weighted by atomic mass is 10.2. The lowest BCUT2D eigenvalue weighted by Crippen LogP contribution is -2.50. The summed E-state index contributed by atoms with van der Waals surface area (Å²) in [5.41, 5.74) is 0. The summed E-state index contributed by atoms with van der Waals surface area (Å²) in [4.78, 5) is 15.5. The van der Waals surface area contributed by atoms with Gasteiger partial charge in [-0.05, 0) is 29.7 Å². The van der Waals surface area contributed by atoms with Crippen LogP contribution in [0.2, 0.25) is 0 Å². The molecule has 134 valence electrons. The number of rotatable bonds is 3. The number of thiophene rings is 1. The SMILES string of the molecule is O=C(c1cc2ccccc2s1)N1CCN(S(=O)(=O)c2ccccc2)CC1. The molecule has 5 nitrogen and oxygen atoms in total. The smallest absolute Gasteiger partial charge is 0.264 e. The highest BCUT2D eigenvalue weighted by Crippen LogP contribution is 2.27. The average Bonchev–Trinajstić information content (AvgIpc) is 3.12. The van der Waals surface area contributed by atoms with E-state index < -0.39 is 10.0 Å². The highest BCUT2D eigenvalue weighted by Gasteiger charge is 2.30. The Bertz CT molecular complexity index is 1000. The number of fused-ring (bicyclic) bond motifs is 1. The number of hydrogen-bond donors (Lipinski definition) is 0. The van der Waals surface area contributed by atoms with Crippen molar-refractivity contribution in [2.24, 2.45) is 0 Å². The Morgan fingerprint density at radius 1 is 0.885 bits per heavy atom. The molecule has 1 aliphatic rings. The highest BCUT2D eigenvalue weighted by molar-refractivity contribution is 7.89. The Kier molecular flexibility index (Phi) is 4.52. The Hall–Kier alpha value is -2.22. The van der Waals surface area contributed by atoms with Gasteiger partial charge in [0.05, 0.1) is 9.77 Å². The summed E-state index contributed by atoms with van der Waals surface area (Å²) in [5, 5.41) is 1.06. The first-order valence-corrected chi connectivity index (χ1v) is 10.6. The van der Waals surface area contributed by atoms with E-state index in [9.17, 15) is 13.2 Å². The molecule has 0 bridgehead atoms. The number of piperazine rings is 1. The van der Waals surface area contributed by atoms with Crippen molar-refractivity contribution in [3.63, 3.8) is 0 Å². The maximum absolute atomic E-state index is 12.8. The average molecular weight is 386 g/mol. The fraction of sp³-hybridized carbons (Fsp3) is 0.211. The van der Waals surface area contributed by atoms with Crippen molar-refractivity contribution in [2.45, 2.75) is 4.90 Å². The summed E-state index contributed by atoms with van der Waals surface area (Å²) in [7, 11) is -3.50. The number of benzene rings is 2. The second-order valence-electron chi connectivity index (χ2n) is 6.16. The molecule has 0 aliphatic carbocycles. The first-order valence-electron chi connectivity index (χ1n) is 8.39. The molecule has 0 unspecified atom stereocenters. The molecule has 0 N–H and O–H groups in total. The number of carbonyl (C=O) groups is 1. The minimum Gasteiger partial charge on any atom is -0.335 e. The normalized spacial score (nSPS) is 16.1. The topological polar surface area (TPSA) is 57.7 Å². The third-order valence-electron chi connectivity index (χ3n) is 4.54. The molecule has 3 aromatic rings. The predicted octanol–water partition coefficient (Wildman–Crippen LogP) is 3.05. The van der Waals surface area contributed by atoms with E-state index in [1.165, 1.54) is 15.6 Å². The van der Waals surface area contributed by atoms with Crippen molar-refractivity contribution in [2.75, 3.05) is 26.2 Å². The van der Waals surface area contributed by atoms with Crippen LogP contribution in [0.3, 0.4) is 0 Å². The van der Waals surface area contributed by atoms with Gasteiger partial charge in [0.25, 0.3) is 5.91 Å². The van der Waals surface area contributed by atoms with Crippen molar-refractivity contribution in [3.05, 3.63) is 65.5 Å². The van der Waals surface area contributed by atoms with Gasteiger partial charge in [-0.1, -0.05) is 36.4 Å². The Balaban J connectivity index is 1.47. The van der Waals surface area contributed by atoms with Crippen molar-refractivity contribution in [1.82, 2.24) is 9.21 Å². The van der Waals surface area contributed by atoms with Crippen LogP contribution in [0.4, 0.5) is 0 Å². The highest BCUT2D eigenvalue weighted by atomic mass is 32.2. The number of sulfonamides is 1. The third-order valence-corrected chi connectivity index (χ3v) is 7.56. The Morgan fingerprint density at radius 3 is 2.23 bits per heavy atom. The molecule has 0 atom stereocenters. The summed E-state index contributed by atoms with van der Waals surface area (Å²) < 4.78 is 27.9. The molecule has 2 aromatic carbocycles. The van der Waals surface area contributed by atoms with Gasteiger partial charge in [-0.25, -0.2) is 8.42 Å². The molecule has 1 amide bonds. The molecule has 0 spiro atoms. The zero-order valence-electron chi connectivity index (χ0n) is 14.0. The minimum absolute atomic E-state index is 0.0250. The summed E-state index contributed by atoms with van der Waals surface area (Å²) >= 11 is 1.48. The minimum atomic E-state index is -3.50. The van der Waals surface area contributed by atoms with Crippen LogP contribution in [0.1, 0.15) is 9.67 Å². The first kappa shape index (κ1) is 17.2. The summed E-state index contributed by atoms with van der Waals surface area (Å²) in [6.45, 7) is 1.43. The standard InChI is InChI=1S/C19H18N2O3S2/c22-19(18-14-15-6-4-5-9-17(15)25-18)20-10-12-21(13-11-20)26(23,24)16-7-2-1-3-8-16/h1-9,14H,10-13H2. The number of nitrogens with zero attached hydrogens (tertiary/aromatic N) is 2. The van der Waals surface area contributed by atoms with Gasteiger partial charge in [0, 0.05) is 30.9 Å². The Labute approximate surface area is 156 Å². The van der Waals surface area contributed by atoms with Crippen molar-refractivity contribution in [1.29, 1.82) is 0 Å². The van der Waals surface area contributed by atoms with Crippen molar-refractivity contribution < 1.29 is 13.2 Å². The third kappa shape index (κ3) is 3.13.